The quantitative estimate of drug-likeness (QED) is 0.614. The van der Waals surface area contributed by atoms with Gasteiger partial charge in [0, 0.05) is 23.1 Å². The van der Waals surface area contributed by atoms with E-state index in [0.29, 0.717) is 6.54 Å². The molecular formula is C20H20BrN3O2. The molecule has 0 spiro atoms. The van der Waals surface area contributed by atoms with Gasteiger partial charge in [-0.1, -0.05) is 45.8 Å². The standard InChI is InChI=1S/C20H20BrN3O2/c1-13-3-8-18(14(2)9-13)24-12-16(10-19(24)25)20(26)23-22-11-15-4-6-17(21)7-5-15/h3-9,11,16H,10,12H2,1-2H3,(H,23,26)/b22-11-/t16-/m1/s1. The van der Waals surface area contributed by atoms with Crippen LogP contribution in [0.4, 0.5) is 5.69 Å². The number of rotatable bonds is 4. The fourth-order valence-electron chi connectivity index (χ4n) is 3.03. The lowest BCUT2D eigenvalue weighted by Crippen LogP contribution is -2.30. The summed E-state index contributed by atoms with van der Waals surface area (Å²) in [4.78, 5) is 26.4. The highest BCUT2D eigenvalue weighted by molar-refractivity contribution is 9.10. The third-order valence-corrected chi connectivity index (χ3v) is 4.93. The van der Waals surface area contributed by atoms with Crippen LogP contribution in [0, 0.1) is 19.8 Å². The van der Waals surface area contributed by atoms with Gasteiger partial charge in [0.1, 0.15) is 0 Å². The highest BCUT2D eigenvalue weighted by atomic mass is 79.9. The van der Waals surface area contributed by atoms with Crippen LogP contribution in [0.1, 0.15) is 23.1 Å². The van der Waals surface area contributed by atoms with Crippen LogP contribution in [-0.2, 0) is 9.59 Å². The van der Waals surface area contributed by atoms with Crippen LogP contribution in [0.2, 0.25) is 0 Å². The summed E-state index contributed by atoms with van der Waals surface area (Å²) < 4.78 is 0.981. The second-order valence-corrected chi connectivity index (χ2v) is 7.40. The highest BCUT2D eigenvalue weighted by Gasteiger charge is 2.35. The van der Waals surface area contributed by atoms with Gasteiger partial charge in [-0.25, -0.2) is 5.43 Å². The van der Waals surface area contributed by atoms with Gasteiger partial charge in [-0.3, -0.25) is 9.59 Å². The Morgan fingerprint density at radius 3 is 2.65 bits per heavy atom. The Labute approximate surface area is 161 Å². The molecule has 2 aromatic rings. The summed E-state index contributed by atoms with van der Waals surface area (Å²) in [6, 6.07) is 13.5. The molecule has 2 aromatic carbocycles. The molecule has 1 aliphatic rings. The Morgan fingerprint density at radius 1 is 1.23 bits per heavy atom. The molecule has 0 unspecified atom stereocenters. The van der Waals surface area contributed by atoms with Gasteiger partial charge in [0.2, 0.25) is 11.8 Å². The zero-order chi connectivity index (χ0) is 18.7. The van der Waals surface area contributed by atoms with Crippen molar-refractivity contribution in [3.05, 3.63) is 63.6 Å². The fourth-order valence-corrected chi connectivity index (χ4v) is 3.30. The number of nitrogens with zero attached hydrogens (tertiary/aromatic N) is 2. The average Bonchev–Trinajstić information content (AvgIpc) is 2.98. The lowest BCUT2D eigenvalue weighted by atomic mass is 10.1. The monoisotopic (exact) mass is 413 g/mol. The molecule has 1 saturated heterocycles. The van der Waals surface area contributed by atoms with E-state index in [2.05, 4.69) is 26.5 Å². The Morgan fingerprint density at radius 2 is 1.96 bits per heavy atom. The predicted octanol–water partition coefficient (Wildman–Crippen LogP) is 3.57. The van der Waals surface area contributed by atoms with Gasteiger partial charge in [0.05, 0.1) is 12.1 Å². The molecular weight excluding hydrogens is 394 g/mol. The number of benzene rings is 2. The van der Waals surface area contributed by atoms with Crippen LogP contribution in [-0.4, -0.2) is 24.6 Å². The Kier molecular flexibility index (Phi) is 5.52. The van der Waals surface area contributed by atoms with Crippen molar-refractivity contribution in [1.29, 1.82) is 0 Å². The van der Waals surface area contributed by atoms with Crippen LogP contribution < -0.4 is 10.3 Å². The first kappa shape index (κ1) is 18.3. The maximum atomic E-state index is 12.4. The van der Waals surface area contributed by atoms with Crippen LogP contribution >= 0.6 is 15.9 Å². The zero-order valence-electron chi connectivity index (χ0n) is 14.7. The van der Waals surface area contributed by atoms with Crippen LogP contribution in [0.3, 0.4) is 0 Å². The number of hydrogen-bond donors (Lipinski definition) is 1. The maximum absolute atomic E-state index is 12.4. The van der Waals surface area contributed by atoms with Crippen molar-refractivity contribution < 1.29 is 9.59 Å². The number of hydrazone groups is 1. The Bertz CT molecular complexity index is 862. The first-order chi connectivity index (χ1) is 12.4. The SMILES string of the molecule is Cc1ccc(N2C[C@H](C(=O)N/N=C\c3ccc(Br)cc3)CC2=O)c(C)c1. The van der Waals surface area contributed by atoms with Crippen LogP contribution in [0.15, 0.2) is 52.0 Å². The summed E-state index contributed by atoms with van der Waals surface area (Å²) in [6.45, 7) is 4.37. The van der Waals surface area contributed by atoms with Gasteiger partial charge < -0.3 is 4.90 Å². The van der Waals surface area contributed by atoms with Gasteiger partial charge >= 0.3 is 0 Å². The van der Waals surface area contributed by atoms with Crippen molar-refractivity contribution in [2.45, 2.75) is 20.3 Å². The van der Waals surface area contributed by atoms with Crippen molar-refractivity contribution in [3.63, 3.8) is 0 Å². The van der Waals surface area contributed by atoms with E-state index in [1.807, 2.05) is 56.3 Å². The molecule has 0 saturated carbocycles. The number of nitrogens with one attached hydrogen (secondary N) is 1. The minimum atomic E-state index is -0.398. The molecule has 1 aliphatic heterocycles. The summed E-state index contributed by atoms with van der Waals surface area (Å²) >= 11 is 3.37. The number of aryl methyl sites for hydroxylation is 2. The van der Waals surface area contributed by atoms with Gasteiger partial charge in [-0.15, -0.1) is 0 Å². The zero-order valence-corrected chi connectivity index (χ0v) is 16.3. The van der Waals surface area contributed by atoms with Crippen molar-refractivity contribution in [2.75, 3.05) is 11.4 Å². The second-order valence-electron chi connectivity index (χ2n) is 6.48. The van der Waals surface area contributed by atoms with E-state index in [4.69, 9.17) is 0 Å². The summed E-state index contributed by atoms with van der Waals surface area (Å²) in [6.07, 6.45) is 1.79. The van der Waals surface area contributed by atoms with Gasteiger partial charge in [-0.2, -0.15) is 5.10 Å². The molecule has 0 aromatic heterocycles. The summed E-state index contributed by atoms with van der Waals surface area (Å²) in [5, 5.41) is 4.00. The number of anilines is 1. The topological polar surface area (TPSA) is 61.8 Å². The lowest BCUT2D eigenvalue weighted by Gasteiger charge is -2.19. The molecule has 5 nitrogen and oxygen atoms in total. The molecule has 0 aliphatic carbocycles. The molecule has 0 bridgehead atoms. The van der Waals surface area contributed by atoms with Gasteiger partial charge in [0.15, 0.2) is 0 Å². The molecule has 1 fully saturated rings. The maximum Gasteiger partial charge on any atom is 0.245 e. The van der Waals surface area contributed by atoms with Crippen LogP contribution in [0.25, 0.3) is 0 Å². The molecule has 3 rings (SSSR count). The molecule has 0 radical (unpaired) electrons. The fraction of sp³-hybridized carbons (Fsp3) is 0.250. The number of carbonyl (C=O) groups excluding carboxylic acids is 2. The number of hydrogen-bond acceptors (Lipinski definition) is 3. The van der Waals surface area contributed by atoms with E-state index in [1.54, 1.807) is 11.1 Å². The first-order valence-corrected chi connectivity index (χ1v) is 9.19. The summed E-state index contributed by atoms with van der Waals surface area (Å²) in [7, 11) is 0. The smallest absolute Gasteiger partial charge is 0.245 e. The largest absolute Gasteiger partial charge is 0.311 e. The van der Waals surface area contributed by atoms with Crippen molar-refractivity contribution in [3.8, 4) is 0 Å². The van der Waals surface area contributed by atoms with E-state index >= 15 is 0 Å². The molecule has 26 heavy (non-hydrogen) atoms. The van der Waals surface area contributed by atoms with E-state index in [9.17, 15) is 9.59 Å². The molecule has 6 heteroatoms. The minimum Gasteiger partial charge on any atom is -0.311 e. The highest BCUT2D eigenvalue weighted by Crippen LogP contribution is 2.28. The second kappa shape index (κ2) is 7.83. The Balaban J connectivity index is 1.62. The summed E-state index contributed by atoms with van der Waals surface area (Å²) in [5.41, 5.74) is 6.48. The third kappa shape index (κ3) is 4.19. The first-order valence-electron chi connectivity index (χ1n) is 8.40. The van der Waals surface area contributed by atoms with E-state index < -0.39 is 5.92 Å². The average molecular weight is 414 g/mol. The normalized spacial score (nSPS) is 17.1. The molecule has 2 amide bonds. The minimum absolute atomic E-state index is 0.0333. The van der Waals surface area contributed by atoms with Gasteiger partial charge in [0.25, 0.3) is 0 Å². The van der Waals surface area contributed by atoms with Crippen molar-refractivity contribution >= 4 is 39.6 Å². The lowest BCUT2D eigenvalue weighted by molar-refractivity contribution is -0.126. The molecule has 1 N–H and O–H groups in total. The number of amides is 2. The predicted molar refractivity (Wildman–Crippen MR) is 106 cm³/mol. The van der Waals surface area contributed by atoms with Crippen molar-refractivity contribution in [1.82, 2.24) is 5.43 Å². The number of carbonyl (C=O) groups is 2. The van der Waals surface area contributed by atoms with Gasteiger partial charge in [-0.05, 0) is 43.2 Å². The summed E-state index contributed by atoms with van der Waals surface area (Å²) in [5.74, 6) is -0.668. The number of halogens is 1. The van der Waals surface area contributed by atoms with Crippen LogP contribution in [0.5, 0.6) is 0 Å². The molecule has 134 valence electrons. The Hall–Kier alpha value is -2.47. The van der Waals surface area contributed by atoms with E-state index in [-0.39, 0.29) is 18.2 Å². The van der Waals surface area contributed by atoms with E-state index in [0.717, 1.165) is 26.9 Å². The molecule has 1 atom stereocenters. The van der Waals surface area contributed by atoms with E-state index in [1.165, 1.54) is 0 Å². The van der Waals surface area contributed by atoms with Crippen molar-refractivity contribution in [2.24, 2.45) is 11.0 Å². The molecule has 1 heterocycles. The third-order valence-electron chi connectivity index (χ3n) is 4.40.